The number of halogens is 1. The number of benzene rings is 2. The number of hydrogen-bond acceptors (Lipinski definition) is 5. The minimum atomic E-state index is -0.637. The molecule has 3 rings (SSSR count). The molecule has 24 heavy (non-hydrogen) atoms. The Morgan fingerprint density at radius 3 is 2.50 bits per heavy atom. The number of nitro benzene ring substituents is 1. The van der Waals surface area contributed by atoms with E-state index in [1.165, 1.54) is 30.3 Å². The number of ether oxygens (including phenoxy) is 1. The van der Waals surface area contributed by atoms with Gasteiger partial charge < -0.3 is 4.74 Å². The summed E-state index contributed by atoms with van der Waals surface area (Å²) in [5.74, 6) is -1.71. The van der Waals surface area contributed by atoms with Crippen LogP contribution in [0.25, 0.3) is 0 Å². The molecule has 1 aliphatic rings. The number of amides is 2. The number of para-hydroxylation sites is 1. The predicted molar refractivity (Wildman–Crippen MR) is 80.4 cm³/mol. The van der Waals surface area contributed by atoms with Crippen LogP contribution in [0.4, 0.5) is 10.1 Å². The van der Waals surface area contributed by atoms with Crippen molar-refractivity contribution in [1.82, 2.24) is 4.90 Å². The molecule has 2 aromatic carbocycles. The van der Waals surface area contributed by atoms with Gasteiger partial charge in [0.2, 0.25) is 0 Å². The van der Waals surface area contributed by atoms with Gasteiger partial charge in [0, 0.05) is 12.1 Å². The molecular weight excluding hydrogens is 319 g/mol. The number of hydrogen-bond donors (Lipinski definition) is 0. The van der Waals surface area contributed by atoms with Gasteiger partial charge in [-0.05, 0) is 18.2 Å². The van der Waals surface area contributed by atoms with E-state index in [-0.39, 0.29) is 35.7 Å². The molecule has 0 saturated carbocycles. The summed E-state index contributed by atoms with van der Waals surface area (Å²) in [4.78, 5) is 35.5. The molecule has 2 amide bonds. The summed E-state index contributed by atoms with van der Waals surface area (Å²) in [5, 5.41) is 10.8. The van der Waals surface area contributed by atoms with Gasteiger partial charge in [-0.25, -0.2) is 4.39 Å². The summed E-state index contributed by atoms with van der Waals surface area (Å²) in [6, 6.07) is 9.28. The first-order valence-corrected chi connectivity index (χ1v) is 7.01. The van der Waals surface area contributed by atoms with Crippen molar-refractivity contribution in [3.63, 3.8) is 0 Å². The average Bonchev–Trinajstić information content (AvgIpc) is 2.81. The molecule has 0 spiro atoms. The molecule has 2 aromatic rings. The average molecular weight is 330 g/mol. The Labute approximate surface area is 135 Å². The van der Waals surface area contributed by atoms with Gasteiger partial charge in [0.1, 0.15) is 6.61 Å². The Hall–Kier alpha value is -3.29. The van der Waals surface area contributed by atoms with Crippen LogP contribution in [0, 0.1) is 15.9 Å². The maximum absolute atomic E-state index is 13.4. The summed E-state index contributed by atoms with van der Waals surface area (Å²) >= 11 is 0. The molecule has 8 heteroatoms. The molecule has 7 nitrogen and oxygen atoms in total. The zero-order chi connectivity index (χ0) is 17.3. The minimum Gasteiger partial charge on any atom is -0.489 e. The van der Waals surface area contributed by atoms with Crippen LogP contribution in [0.1, 0.15) is 20.7 Å². The van der Waals surface area contributed by atoms with Crippen molar-refractivity contribution in [3.05, 3.63) is 69.5 Å². The van der Waals surface area contributed by atoms with E-state index >= 15 is 0 Å². The lowest BCUT2D eigenvalue weighted by molar-refractivity contribution is -0.384. The standard InChI is InChI=1S/C16H11FN2O5/c17-13-3-1-2-4-14(13)24-8-7-18-15(20)11-6-5-10(19(22)23)9-12(11)16(18)21/h1-6,9H,7-8H2. The number of nitrogens with zero attached hydrogens (tertiary/aromatic N) is 2. The van der Waals surface area contributed by atoms with Gasteiger partial charge in [-0.1, -0.05) is 12.1 Å². The van der Waals surface area contributed by atoms with Crippen molar-refractivity contribution in [2.75, 3.05) is 13.2 Å². The number of carbonyl (C=O) groups excluding carboxylic acids is 2. The number of carbonyl (C=O) groups is 2. The van der Waals surface area contributed by atoms with Gasteiger partial charge in [-0.15, -0.1) is 0 Å². The van der Waals surface area contributed by atoms with E-state index in [0.29, 0.717) is 0 Å². The van der Waals surface area contributed by atoms with Crippen molar-refractivity contribution < 1.29 is 23.6 Å². The highest BCUT2D eigenvalue weighted by atomic mass is 19.1. The molecule has 0 N–H and O–H groups in total. The quantitative estimate of drug-likeness (QED) is 0.477. The van der Waals surface area contributed by atoms with Crippen molar-refractivity contribution in [2.24, 2.45) is 0 Å². The molecule has 0 radical (unpaired) electrons. The van der Waals surface area contributed by atoms with Crippen LogP contribution in [0.3, 0.4) is 0 Å². The Kier molecular flexibility index (Phi) is 3.95. The molecule has 0 unspecified atom stereocenters. The van der Waals surface area contributed by atoms with Crippen molar-refractivity contribution in [2.45, 2.75) is 0 Å². The van der Waals surface area contributed by atoms with Crippen LogP contribution in [-0.4, -0.2) is 34.8 Å². The number of fused-ring (bicyclic) bond motifs is 1. The van der Waals surface area contributed by atoms with E-state index in [1.54, 1.807) is 6.07 Å². The summed E-state index contributed by atoms with van der Waals surface area (Å²) in [6.07, 6.45) is 0. The van der Waals surface area contributed by atoms with E-state index < -0.39 is 22.6 Å². The molecule has 0 atom stereocenters. The van der Waals surface area contributed by atoms with Gasteiger partial charge in [-0.2, -0.15) is 0 Å². The van der Waals surface area contributed by atoms with E-state index in [9.17, 15) is 24.1 Å². The zero-order valence-electron chi connectivity index (χ0n) is 12.3. The summed E-state index contributed by atoms with van der Waals surface area (Å²) in [7, 11) is 0. The molecular formula is C16H11FN2O5. The van der Waals surface area contributed by atoms with Crippen molar-refractivity contribution in [3.8, 4) is 5.75 Å². The lowest BCUT2D eigenvalue weighted by Crippen LogP contribution is -2.33. The molecule has 0 saturated heterocycles. The largest absolute Gasteiger partial charge is 0.489 e. The second-order valence-electron chi connectivity index (χ2n) is 5.03. The fourth-order valence-corrected chi connectivity index (χ4v) is 2.40. The number of rotatable bonds is 5. The Morgan fingerprint density at radius 2 is 1.79 bits per heavy atom. The van der Waals surface area contributed by atoms with E-state index in [2.05, 4.69) is 0 Å². The molecule has 0 aliphatic carbocycles. The third kappa shape index (κ3) is 2.69. The normalized spacial score (nSPS) is 13.1. The molecule has 1 aliphatic heterocycles. The third-order valence-electron chi connectivity index (χ3n) is 3.57. The van der Waals surface area contributed by atoms with Gasteiger partial charge in [0.25, 0.3) is 17.5 Å². The topological polar surface area (TPSA) is 89.8 Å². The maximum atomic E-state index is 13.4. The highest BCUT2D eigenvalue weighted by molar-refractivity contribution is 6.21. The second-order valence-corrected chi connectivity index (χ2v) is 5.03. The predicted octanol–water partition coefficient (Wildman–Crippen LogP) is 2.41. The van der Waals surface area contributed by atoms with Crippen LogP contribution in [0.15, 0.2) is 42.5 Å². The highest BCUT2D eigenvalue weighted by Crippen LogP contribution is 2.26. The lowest BCUT2D eigenvalue weighted by atomic mass is 10.1. The fourth-order valence-electron chi connectivity index (χ4n) is 2.40. The van der Waals surface area contributed by atoms with Gasteiger partial charge >= 0.3 is 0 Å². The Balaban J connectivity index is 1.72. The molecule has 122 valence electrons. The molecule has 0 bridgehead atoms. The monoisotopic (exact) mass is 330 g/mol. The Bertz CT molecular complexity index is 852. The number of nitro groups is 1. The summed E-state index contributed by atoms with van der Waals surface area (Å²) in [6.45, 7) is -0.178. The third-order valence-corrected chi connectivity index (χ3v) is 3.57. The van der Waals surface area contributed by atoms with Gasteiger partial charge in [0.15, 0.2) is 11.6 Å². The summed E-state index contributed by atoms with van der Waals surface area (Å²) < 4.78 is 18.7. The fraction of sp³-hybridized carbons (Fsp3) is 0.125. The zero-order valence-corrected chi connectivity index (χ0v) is 12.3. The van der Waals surface area contributed by atoms with Crippen molar-refractivity contribution >= 4 is 17.5 Å². The molecule has 1 heterocycles. The maximum Gasteiger partial charge on any atom is 0.270 e. The SMILES string of the molecule is O=C1c2ccc([N+](=O)[O-])cc2C(=O)N1CCOc1ccccc1F. The minimum absolute atomic E-state index is 0.0138. The van der Waals surface area contributed by atoms with Gasteiger partial charge in [-0.3, -0.25) is 24.6 Å². The first-order valence-electron chi connectivity index (χ1n) is 7.01. The second kappa shape index (κ2) is 6.07. The summed E-state index contributed by atoms with van der Waals surface area (Å²) in [5.41, 5.74) is -0.170. The van der Waals surface area contributed by atoms with E-state index in [0.717, 1.165) is 11.0 Å². The lowest BCUT2D eigenvalue weighted by Gasteiger charge is -2.14. The van der Waals surface area contributed by atoms with Crippen LogP contribution in [0.5, 0.6) is 5.75 Å². The van der Waals surface area contributed by atoms with Crippen LogP contribution >= 0.6 is 0 Å². The van der Waals surface area contributed by atoms with Crippen LogP contribution in [0.2, 0.25) is 0 Å². The van der Waals surface area contributed by atoms with Gasteiger partial charge in [0.05, 0.1) is 22.6 Å². The Morgan fingerprint density at radius 1 is 1.08 bits per heavy atom. The number of imide groups is 1. The first-order chi connectivity index (χ1) is 11.5. The first kappa shape index (κ1) is 15.6. The molecule has 0 aromatic heterocycles. The smallest absolute Gasteiger partial charge is 0.270 e. The van der Waals surface area contributed by atoms with Crippen molar-refractivity contribution in [1.29, 1.82) is 0 Å². The highest BCUT2D eigenvalue weighted by Gasteiger charge is 2.36. The van der Waals surface area contributed by atoms with E-state index in [1.807, 2.05) is 0 Å². The van der Waals surface area contributed by atoms with Crippen LogP contribution in [-0.2, 0) is 0 Å². The molecule has 0 fully saturated rings. The van der Waals surface area contributed by atoms with E-state index in [4.69, 9.17) is 4.74 Å². The number of non-ortho nitro benzene ring substituents is 1. The van der Waals surface area contributed by atoms with Crippen LogP contribution < -0.4 is 4.74 Å².